The quantitative estimate of drug-likeness (QED) is 0.766. The molecule has 1 aliphatic carbocycles. The van der Waals surface area contributed by atoms with Crippen LogP contribution in [0.1, 0.15) is 12.8 Å². The maximum atomic E-state index is 11.6. The van der Waals surface area contributed by atoms with Crippen LogP contribution in [0.25, 0.3) is 0 Å². The van der Waals surface area contributed by atoms with Crippen LogP contribution in [-0.2, 0) is 9.59 Å². The van der Waals surface area contributed by atoms with Crippen molar-refractivity contribution in [3.8, 4) is 0 Å². The number of carbonyl (C=O) groups is 2. The molecule has 6 nitrogen and oxygen atoms in total. The average Bonchev–Trinajstić information content (AvgIpc) is 2.52. The summed E-state index contributed by atoms with van der Waals surface area (Å²) in [5.41, 5.74) is 0.455. The third kappa shape index (κ3) is 1.83. The minimum absolute atomic E-state index is 0.281. The molecule has 2 rings (SSSR count). The van der Waals surface area contributed by atoms with Gasteiger partial charge in [0.15, 0.2) is 0 Å². The summed E-state index contributed by atoms with van der Waals surface area (Å²) in [6.45, 7) is 0. The normalized spacial score (nSPS) is 24.3. The largest absolute Gasteiger partial charge is 0.481 e. The second kappa shape index (κ2) is 3.72. The summed E-state index contributed by atoms with van der Waals surface area (Å²) in [7, 11) is 0. The number of carboxylic acid groups (broad SMARTS) is 1. The van der Waals surface area contributed by atoms with Crippen molar-refractivity contribution in [2.24, 2.45) is 11.8 Å². The van der Waals surface area contributed by atoms with Gasteiger partial charge >= 0.3 is 5.97 Å². The van der Waals surface area contributed by atoms with Gasteiger partial charge in [-0.1, -0.05) is 5.16 Å². The van der Waals surface area contributed by atoms with Crippen molar-refractivity contribution < 1.29 is 19.2 Å². The first kappa shape index (κ1) is 9.70. The fourth-order valence-electron chi connectivity index (χ4n) is 1.61. The second-order valence-electron chi connectivity index (χ2n) is 3.53. The molecule has 2 atom stereocenters. The van der Waals surface area contributed by atoms with Gasteiger partial charge in [-0.05, 0) is 12.8 Å². The van der Waals surface area contributed by atoms with Crippen molar-refractivity contribution in [2.45, 2.75) is 12.8 Å². The summed E-state index contributed by atoms with van der Waals surface area (Å²) in [6, 6.07) is 0. The zero-order valence-electron chi connectivity index (χ0n) is 7.84. The number of amides is 1. The van der Waals surface area contributed by atoms with Crippen LogP contribution in [0.4, 0.5) is 5.69 Å². The predicted octanol–water partition coefficient (Wildman–Crippen LogP) is 0.724. The number of aliphatic carboxylic acids is 1. The fraction of sp³-hybridized carbons (Fsp3) is 0.444. The standard InChI is InChI=1S/C9H10N2O4/c12-8(11-5-3-10-15-4-5)6-1-2-7(6)9(13)14/h3-4,6-7H,1-2H2,(H,11,12)(H,13,14). The number of nitrogens with zero attached hydrogens (tertiary/aromatic N) is 1. The Morgan fingerprint density at radius 2 is 2.20 bits per heavy atom. The van der Waals surface area contributed by atoms with Crippen molar-refractivity contribution in [3.05, 3.63) is 12.5 Å². The summed E-state index contributed by atoms with van der Waals surface area (Å²) < 4.78 is 4.54. The zero-order chi connectivity index (χ0) is 10.8. The Balaban J connectivity index is 1.95. The topological polar surface area (TPSA) is 92.4 Å². The zero-order valence-corrected chi connectivity index (χ0v) is 7.84. The highest BCUT2D eigenvalue weighted by atomic mass is 16.5. The van der Waals surface area contributed by atoms with Crippen LogP contribution < -0.4 is 5.32 Å². The minimum Gasteiger partial charge on any atom is -0.481 e. The van der Waals surface area contributed by atoms with Crippen molar-refractivity contribution in [3.63, 3.8) is 0 Å². The molecule has 0 bridgehead atoms. The molecule has 1 saturated carbocycles. The van der Waals surface area contributed by atoms with E-state index in [0.29, 0.717) is 18.5 Å². The van der Waals surface area contributed by atoms with Gasteiger partial charge in [0.1, 0.15) is 12.0 Å². The molecule has 0 radical (unpaired) electrons. The summed E-state index contributed by atoms with van der Waals surface area (Å²) in [4.78, 5) is 22.3. The molecular formula is C9H10N2O4. The van der Waals surface area contributed by atoms with Crippen molar-refractivity contribution >= 4 is 17.6 Å². The molecule has 1 aromatic heterocycles. The Labute approximate surface area is 85.2 Å². The number of rotatable bonds is 3. The summed E-state index contributed by atoms with van der Waals surface area (Å²) in [5, 5.41) is 14.7. The monoisotopic (exact) mass is 210 g/mol. The van der Waals surface area contributed by atoms with Crippen molar-refractivity contribution in [1.29, 1.82) is 0 Å². The maximum Gasteiger partial charge on any atom is 0.307 e. The number of nitrogens with one attached hydrogen (secondary N) is 1. The Hall–Kier alpha value is -1.85. The van der Waals surface area contributed by atoms with Gasteiger partial charge in [0, 0.05) is 0 Å². The van der Waals surface area contributed by atoms with Gasteiger partial charge in [-0.25, -0.2) is 0 Å². The molecule has 1 aromatic rings. The van der Waals surface area contributed by atoms with Crippen LogP contribution in [0.15, 0.2) is 17.0 Å². The van der Waals surface area contributed by atoms with E-state index in [1.807, 2.05) is 0 Å². The second-order valence-corrected chi connectivity index (χ2v) is 3.53. The Bertz CT molecular complexity index is 373. The lowest BCUT2D eigenvalue weighted by molar-refractivity contribution is -0.151. The highest BCUT2D eigenvalue weighted by Crippen LogP contribution is 2.35. The Morgan fingerprint density at radius 1 is 1.47 bits per heavy atom. The predicted molar refractivity (Wildman–Crippen MR) is 49.0 cm³/mol. The van der Waals surface area contributed by atoms with Crippen LogP contribution in [0.2, 0.25) is 0 Å². The number of anilines is 1. The summed E-state index contributed by atoms with van der Waals surface area (Å²) in [6.07, 6.45) is 3.85. The fourth-order valence-corrected chi connectivity index (χ4v) is 1.61. The third-order valence-electron chi connectivity index (χ3n) is 2.63. The molecule has 1 amide bonds. The van der Waals surface area contributed by atoms with E-state index < -0.39 is 17.8 Å². The lowest BCUT2D eigenvalue weighted by Gasteiger charge is -2.31. The molecule has 1 aliphatic rings. The van der Waals surface area contributed by atoms with E-state index in [4.69, 9.17) is 5.11 Å². The number of hydrogen-bond donors (Lipinski definition) is 2. The van der Waals surface area contributed by atoms with Gasteiger partial charge in [-0.15, -0.1) is 0 Å². The number of carboxylic acids is 1. The van der Waals surface area contributed by atoms with Crippen LogP contribution in [-0.4, -0.2) is 22.1 Å². The van der Waals surface area contributed by atoms with E-state index in [0.717, 1.165) is 0 Å². The molecule has 1 fully saturated rings. The molecule has 80 valence electrons. The van der Waals surface area contributed by atoms with Gasteiger partial charge < -0.3 is 14.9 Å². The first-order chi connectivity index (χ1) is 7.18. The van der Waals surface area contributed by atoms with E-state index in [1.165, 1.54) is 12.5 Å². The van der Waals surface area contributed by atoms with Gasteiger partial charge in [-0.3, -0.25) is 9.59 Å². The number of aromatic nitrogens is 1. The van der Waals surface area contributed by atoms with Crippen molar-refractivity contribution in [2.75, 3.05) is 5.32 Å². The molecule has 15 heavy (non-hydrogen) atoms. The smallest absolute Gasteiger partial charge is 0.307 e. The first-order valence-electron chi connectivity index (χ1n) is 4.61. The average molecular weight is 210 g/mol. The highest BCUT2D eigenvalue weighted by Gasteiger charge is 2.41. The molecule has 2 N–H and O–H groups in total. The van der Waals surface area contributed by atoms with E-state index in [-0.39, 0.29) is 5.91 Å². The maximum absolute atomic E-state index is 11.6. The lowest BCUT2D eigenvalue weighted by atomic mass is 9.73. The van der Waals surface area contributed by atoms with Crippen LogP contribution >= 0.6 is 0 Å². The summed E-state index contributed by atoms with van der Waals surface area (Å²) >= 11 is 0. The van der Waals surface area contributed by atoms with Gasteiger partial charge in [-0.2, -0.15) is 0 Å². The Kier molecular flexibility index (Phi) is 2.40. The summed E-state index contributed by atoms with van der Waals surface area (Å²) in [5.74, 6) is -2.18. The minimum atomic E-state index is -0.910. The van der Waals surface area contributed by atoms with Crippen LogP contribution in [0, 0.1) is 11.8 Å². The molecule has 0 saturated heterocycles. The van der Waals surface area contributed by atoms with E-state index in [2.05, 4.69) is 15.0 Å². The van der Waals surface area contributed by atoms with E-state index in [9.17, 15) is 9.59 Å². The molecule has 0 spiro atoms. The SMILES string of the molecule is O=C(O)C1CCC1C(=O)Nc1cnoc1. The Morgan fingerprint density at radius 3 is 2.67 bits per heavy atom. The molecule has 1 heterocycles. The van der Waals surface area contributed by atoms with Crippen LogP contribution in [0.3, 0.4) is 0 Å². The molecule has 0 aromatic carbocycles. The van der Waals surface area contributed by atoms with E-state index in [1.54, 1.807) is 0 Å². The first-order valence-corrected chi connectivity index (χ1v) is 4.61. The van der Waals surface area contributed by atoms with Gasteiger partial charge in [0.05, 0.1) is 18.0 Å². The lowest BCUT2D eigenvalue weighted by Crippen LogP contribution is -2.40. The third-order valence-corrected chi connectivity index (χ3v) is 2.63. The highest BCUT2D eigenvalue weighted by molar-refractivity contribution is 5.95. The van der Waals surface area contributed by atoms with Crippen molar-refractivity contribution in [1.82, 2.24) is 5.16 Å². The number of carbonyl (C=O) groups excluding carboxylic acids is 1. The molecule has 6 heteroatoms. The van der Waals surface area contributed by atoms with Crippen LogP contribution in [0.5, 0.6) is 0 Å². The van der Waals surface area contributed by atoms with Gasteiger partial charge in [0.25, 0.3) is 0 Å². The van der Waals surface area contributed by atoms with Gasteiger partial charge in [0.2, 0.25) is 5.91 Å². The molecule has 2 unspecified atom stereocenters. The molecule has 0 aliphatic heterocycles. The van der Waals surface area contributed by atoms with E-state index >= 15 is 0 Å². The molecular weight excluding hydrogens is 200 g/mol. The number of hydrogen-bond acceptors (Lipinski definition) is 4.